The van der Waals surface area contributed by atoms with Gasteiger partial charge >= 0.3 is 0 Å². The van der Waals surface area contributed by atoms with E-state index in [9.17, 15) is 4.79 Å². The predicted octanol–water partition coefficient (Wildman–Crippen LogP) is 5.20. The Bertz CT molecular complexity index is 806. The largest absolute Gasteiger partial charge is 0.494 e. The molecule has 2 nitrogen and oxygen atoms in total. The van der Waals surface area contributed by atoms with Crippen molar-refractivity contribution in [2.75, 3.05) is 6.61 Å². The molecule has 2 heteroatoms. The van der Waals surface area contributed by atoms with Crippen molar-refractivity contribution < 1.29 is 9.53 Å². The molecule has 1 aliphatic carbocycles. The SMILES string of the molecule is CCOc1ccc(C#Cc2ccc(C(C)CC(=O)C3CC3C)cc2)cc1. The van der Waals surface area contributed by atoms with Crippen LogP contribution in [0.3, 0.4) is 0 Å². The highest BCUT2D eigenvalue weighted by molar-refractivity contribution is 5.84. The van der Waals surface area contributed by atoms with E-state index in [2.05, 4.69) is 37.8 Å². The fourth-order valence-corrected chi connectivity index (χ4v) is 3.18. The molecular formula is C24H26O2. The molecule has 0 saturated heterocycles. The summed E-state index contributed by atoms with van der Waals surface area (Å²) in [6, 6.07) is 16.1. The molecular weight excluding hydrogens is 320 g/mol. The summed E-state index contributed by atoms with van der Waals surface area (Å²) in [5, 5.41) is 0. The summed E-state index contributed by atoms with van der Waals surface area (Å²) in [4.78, 5) is 12.2. The van der Waals surface area contributed by atoms with E-state index >= 15 is 0 Å². The molecule has 1 aliphatic rings. The lowest BCUT2D eigenvalue weighted by Gasteiger charge is -2.11. The zero-order valence-corrected chi connectivity index (χ0v) is 15.8. The van der Waals surface area contributed by atoms with Gasteiger partial charge in [-0.05, 0) is 67.1 Å². The summed E-state index contributed by atoms with van der Waals surface area (Å²) in [7, 11) is 0. The summed E-state index contributed by atoms with van der Waals surface area (Å²) >= 11 is 0. The Morgan fingerprint density at radius 3 is 2.12 bits per heavy atom. The zero-order valence-electron chi connectivity index (χ0n) is 15.8. The van der Waals surface area contributed by atoms with Crippen LogP contribution in [0.15, 0.2) is 48.5 Å². The van der Waals surface area contributed by atoms with Gasteiger partial charge in [0, 0.05) is 23.5 Å². The second kappa shape index (κ2) is 8.23. The second-order valence-corrected chi connectivity index (χ2v) is 7.22. The number of ketones is 1. The summed E-state index contributed by atoms with van der Waals surface area (Å²) in [5.74, 6) is 8.84. The highest BCUT2D eigenvalue weighted by Crippen LogP contribution is 2.40. The maximum absolute atomic E-state index is 12.2. The normalized spacial score (nSPS) is 19.2. The van der Waals surface area contributed by atoms with Crippen LogP contribution < -0.4 is 4.74 Å². The first-order chi connectivity index (χ1) is 12.6. The number of Topliss-reactive ketones (excluding diaryl/α,β-unsaturated/α-hetero) is 1. The minimum absolute atomic E-state index is 0.267. The van der Waals surface area contributed by atoms with Gasteiger partial charge in [0.1, 0.15) is 11.5 Å². The van der Waals surface area contributed by atoms with E-state index < -0.39 is 0 Å². The molecule has 1 saturated carbocycles. The van der Waals surface area contributed by atoms with Crippen molar-refractivity contribution in [1.82, 2.24) is 0 Å². The lowest BCUT2D eigenvalue weighted by atomic mass is 9.93. The van der Waals surface area contributed by atoms with Crippen molar-refractivity contribution in [2.45, 2.75) is 39.5 Å². The Morgan fingerprint density at radius 1 is 1.08 bits per heavy atom. The van der Waals surface area contributed by atoms with E-state index in [4.69, 9.17) is 4.74 Å². The molecule has 0 aromatic heterocycles. The molecule has 0 amide bonds. The van der Waals surface area contributed by atoms with Crippen molar-refractivity contribution in [2.24, 2.45) is 11.8 Å². The molecule has 2 aromatic rings. The topological polar surface area (TPSA) is 26.3 Å². The van der Waals surface area contributed by atoms with Crippen molar-refractivity contribution in [3.63, 3.8) is 0 Å². The molecule has 0 aliphatic heterocycles. The fourth-order valence-electron chi connectivity index (χ4n) is 3.18. The van der Waals surface area contributed by atoms with Gasteiger partial charge in [0.15, 0.2) is 0 Å². The van der Waals surface area contributed by atoms with Crippen LogP contribution in [0.25, 0.3) is 0 Å². The van der Waals surface area contributed by atoms with E-state index in [1.165, 1.54) is 5.56 Å². The molecule has 0 bridgehead atoms. The van der Waals surface area contributed by atoms with E-state index in [0.717, 1.165) is 23.3 Å². The quantitative estimate of drug-likeness (QED) is 0.672. The Morgan fingerprint density at radius 2 is 1.62 bits per heavy atom. The first kappa shape index (κ1) is 18.3. The molecule has 0 spiro atoms. The molecule has 3 unspecified atom stereocenters. The Balaban J connectivity index is 1.60. The molecule has 0 N–H and O–H groups in total. The van der Waals surface area contributed by atoms with Crippen LogP contribution in [0.1, 0.15) is 56.2 Å². The number of carbonyl (C=O) groups excluding carboxylic acids is 1. The van der Waals surface area contributed by atoms with E-state index in [1.54, 1.807) is 0 Å². The van der Waals surface area contributed by atoms with Gasteiger partial charge in [0.25, 0.3) is 0 Å². The summed E-state index contributed by atoms with van der Waals surface area (Å²) < 4.78 is 5.44. The summed E-state index contributed by atoms with van der Waals surface area (Å²) in [6.07, 6.45) is 1.72. The van der Waals surface area contributed by atoms with E-state index in [1.807, 2.05) is 43.3 Å². The van der Waals surface area contributed by atoms with Crippen LogP contribution in [-0.4, -0.2) is 12.4 Å². The molecule has 26 heavy (non-hydrogen) atoms. The minimum Gasteiger partial charge on any atom is -0.494 e. The lowest BCUT2D eigenvalue weighted by molar-refractivity contribution is -0.120. The van der Waals surface area contributed by atoms with Crippen LogP contribution in [0, 0.1) is 23.7 Å². The Kier molecular flexibility index (Phi) is 5.78. The highest BCUT2D eigenvalue weighted by atomic mass is 16.5. The first-order valence-electron chi connectivity index (χ1n) is 9.44. The van der Waals surface area contributed by atoms with Crippen molar-refractivity contribution in [1.29, 1.82) is 0 Å². The van der Waals surface area contributed by atoms with Gasteiger partial charge in [0.2, 0.25) is 0 Å². The number of ether oxygens (including phenoxy) is 1. The molecule has 3 atom stereocenters. The summed E-state index contributed by atoms with van der Waals surface area (Å²) in [5.41, 5.74) is 3.16. The van der Waals surface area contributed by atoms with Gasteiger partial charge in [-0.3, -0.25) is 4.79 Å². The van der Waals surface area contributed by atoms with Gasteiger partial charge < -0.3 is 4.74 Å². The molecule has 134 valence electrons. The Hall–Kier alpha value is -2.53. The molecule has 1 fully saturated rings. The third kappa shape index (κ3) is 4.76. The average molecular weight is 346 g/mol. The standard InChI is InChI=1S/C24H26O2/c1-4-26-22-13-9-20(10-14-22)6-5-19-7-11-21(12-8-19)17(2)16-24(25)23-15-18(23)3/h7-14,17-18,23H,4,15-16H2,1-3H3. The smallest absolute Gasteiger partial charge is 0.136 e. The van der Waals surface area contributed by atoms with Crippen molar-refractivity contribution in [3.05, 3.63) is 65.2 Å². The van der Waals surface area contributed by atoms with Gasteiger partial charge in [-0.2, -0.15) is 0 Å². The minimum atomic E-state index is 0.267. The van der Waals surface area contributed by atoms with Gasteiger partial charge in [-0.15, -0.1) is 0 Å². The van der Waals surface area contributed by atoms with Crippen molar-refractivity contribution in [3.8, 4) is 17.6 Å². The predicted molar refractivity (Wildman–Crippen MR) is 105 cm³/mol. The number of rotatable bonds is 6. The van der Waals surface area contributed by atoms with E-state index in [0.29, 0.717) is 30.6 Å². The van der Waals surface area contributed by atoms with Crippen LogP contribution in [0.4, 0.5) is 0 Å². The number of hydrogen-bond acceptors (Lipinski definition) is 2. The molecule has 0 heterocycles. The third-order valence-electron chi connectivity index (χ3n) is 5.03. The lowest BCUT2D eigenvalue weighted by Crippen LogP contribution is -2.07. The van der Waals surface area contributed by atoms with Gasteiger partial charge in [0.05, 0.1) is 6.61 Å². The molecule has 2 aromatic carbocycles. The van der Waals surface area contributed by atoms with Gasteiger partial charge in [-0.25, -0.2) is 0 Å². The fraction of sp³-hybridized carbons (Fsp3) is 0.375. The highest BCUT2D eigenvalue weighted by Gasteiger charge is 2.38. The molecule has 0 radical (unpaired) electrons. The summed E-state index contributed by atoms with van der Waals surface area (Å²) in [6.45, 7) is 6.93. The van der Waals surface area contributed by atoms with E-state index in [-0.39, 0.29) is 5.92 Å². The number of carbonyl (C=O) groups is 1. The maximum Gasteiger partial charge on any atom is 0.136 e. The monoisotopic (exact) mass is 346 g/mol. The van der Waals surface area contributed by atoms with Crippen LogP contribution in [0.2, 0.25) is 0 Å². The average Bonchev–Trinajstić information content (AvgIpc) is 3.39. The third-order valence-corrected chi connectivity index (χ3v) is 5.03. The van der Waals surface area contributed by atoms with Gasteiger partial charge in [-0.1, -0.05) is 37.8 Å². The maximum atomic E-state index is 12.2. The van der Waals surface area contributed by atoms with Crippen LogP contribution >= 0.6 is 0 Å². The molecule has 3 rings (SSSR count). The second-order valence-electron chi connectivity index (χ2n) is 7.22. The van der Waals surface area contributed by atoms with Crippen molar-refractivity contribution >= 4 is 5.78 Å². The van der Waals surface area contributed by atoms with Crippen LogP contribution in [0.5, 0.6) is 5.75 Å². The van der Waals surface area contributed by atoms with Crippen LogP contribution in [-0.2, 0) is 4.79 Å². The first-order valence-corrected chi connectivity index (χ1v) is 9.44. The Labute approximate surface area is 156 Å². The number of hydrogen-bond donors (Lipinski definition) is 0. The number of benzene rings is 2. The zero-order chi connectivity index (χ0) is 18.5.